The first-order valence-electron chi connectivity index (χ1n) is 9.28. The third kappa shape index (κ3) is 3.84. The first-order valence-corrected chi connectivity index (χ1v) is 11.1. The van der Waals surface area contributed by atoms with Crippen molar-refractivity contribution >= 4 is 46.8 Å². The minimum atomic E-state index is -0.709. The molecule has 2 N–H and O–H groups in total. The first-order chi connectivity index (χ1) is 14.0. The Morgan fingerprint density at radius 3 is 2.66 bits per heavy atom. The van der Waals surface area contributed by atoms with Gasteiger partial charge in [0.05, 0.1) is 23.0 Å². The number of hydrogen-bond donors (Lipinski definition) is 2. The quantitative estimate of drug-likeness (QED) is 0.783. The van der Waals surface area contributed by atoms with E-state index in [9.17, 15) is 14.4 Å². The van der Waals surface area contributed by atoms with E-state index in [0.29, 0.717) is 35.0 Å². The van der Waals surface area contributed by atoms with Gasteiger partial charge >= 0.3 is 0 Å². The van der Waals surface area contributed by atoms with Crippen LogP contribution in [0.4, 0.5) is 5.69 Å². The number of benzene rings is 2. The molecule has 0 saturated carbocycles. The molecule has 0 unspecified atom stereocenters. The zero-order valence-corrected chi connectivity index (χ0v) is 17.3. The Labute approximate surface area is 178 Å². The van der Waals surface area contributed by atoms with Gasteiger partial charge in [-0.2, -0.15) is 11.8 Å². The number of carbonyl (C=O) groups is 3. The lowest BCUT2D eigenvalue weighted by atomic mass is 10.0. The van der Waals surface area contributed by atoms with E-state index in [1.54, 1.807) is 29.2 Å². The molecule has 150 valence electrons. The highest BCUT2D eigenvalue weighted by Gasteiger charge is 2.45. The van der Waals surface area contributed by atoms with Crippen LogP contribution in [0.1, 0.15) is 16.8 Å². The molecule has 8 heteroatoms. The summed E-state index contributed by atoms with van der Waals surface area (Å²) in [6.45, 7) is 0.422. The van der Waals surface area contributed by atoms with E-state index in [2.05, 4.69) is 10.6 Å². The van der Waals surface area contributed by atoms with Gasteiger partial charge in [-0.25, -0.2) is 0 Å². The number of hydrogen-bond acceptors (Lipinski definition) is 4. The third-order valence-corrected chi connectivity index (χ3v) is 6.04. The Morgan fingerprint density at radius 1 is 1.21 bits per heavy atom. The van der Waals surface area contributed by atoms with Crippen LogP contribution in [0.25, 0.3) is 11.1 Å². The van der Waals surface area contributed by atoms with Crippen molar-refractivity contribution in [3.05, 3.63) is 53.1 Å². The van der Waals surface area contributed by atoms with E-state index < -0.39 is 6.04 Å². The number of carbonyl (C=O) groups excluding carboxylic acids is 3. The maximum absolute atomic E-state index is 13.3. The van der Waals surface area contributed by atoms with E-state index in [0.717, 1.165) is 11.1 Å². The lowest BCUT2D eigenvalue weighted by Crippen LogP contribution is -2.51. The maximum Gasteiger partial charge on any atom is 0.256 e. The minimum Gasteiger partial charge on any atom is -0.350 e. The largest absolute Gasteiger partial charge is 0.350 e. The van der Waals surface area contributed by atoms with Crippen molar-refractivity contribution in [3.8, 4) is 11.1 Å². The van der Waals surface area contributed by atoms with Crippen LogP contribution in [0.5, 0.6) is 0 Å². The fourth-order valence-electron chi connectivity index (χ4n) is 3.89. The highest BCUT2D eigenvalue weighted by Crippen LogP contribution is 2.32. The normalized spacial score (nSPS) is 20.6. The van der Waals surface area contributed by atoms with Crippen molar-refractivity contribution < 1.29 is 14.4 Å². The van der Waals surface area contributed by atoms with Gasteiger partial charge in [-0.3, -0.25) is 14.4 Å². The molecule has 2 heterocycles. The number of thioether (sulfide) groups is 1. The lowest BCUT2D eigenvalue weighted by molar-refractivity contribution is -0.122. The fraction of sp³-hybridized carbons (Fsp3) is 0.286. The Hall–Kier alpha value is -2.51. The summed E-state index contributed by atoms with van der Waals surface area (Å²) in [4.78, 5) is 39.7. The highest BCUT2D eigenvalue weighted by atomic mass is 35.5. The molecular weight excluding hydrogens is 410 g/mol. The van der Waals surface area contributed by atoms with Gasteiger partial charge in [-0.1, -0.05) is 29.8 Å². The number of halogens is 1. The molecule has 2 aliphatic heterocycles. The standard InChI is InChI=1S/C21H20ClN3O3S/c1-29-11-18(26)23-17-8-9-25-19(17)20(27)24-16-7-4-13(10-15(16)21(25)28)12-2-5-14(22)6-3-12/h2-7,10,17,19H,8-9,11H2,1H3,(H,23,26)(H,24,27)/t17-,19+/m1/s1. The molecule has 1 fully saturated rings. The Bertz CT molecular complexity index is 980. The molecule has 2 atom stereocenters. The van der Waals surface area contributed by atoms with Gasteiger partial charge < -0.3 is 15.5 Å². The van der Waals surface area contributed by atoms with Crippen molar-refractivity contribution in [1.29, 1.82) is 0 Å². The van der Waals surface area contributed by atoms with E-state index in [-0.39, 0.29) is 23.8 Å². The second kappa shape index (κ2) is 8.08. The van der Waals surface area contributed by atoms with Crippen LogP contribution in [-0.2, 0) is 9.59 Å². The Balaban J connectivity index is 1.64. The maximum atomic E-state index is 13.3. The van der Waals surface area contributed by atoms with Gasteiger partial charge in [0.1, 0.15) is 6.04 Å². The van der Waals surface area contributed by atoms with Gasteiger partial charge in [-0.05, 0) is 48.1 Å². The van der Waals surface area contributed by atoms with Crippen LogP contribution in [-0.4, -0.2) is 53.3 Å². The molecule has 0 radical (unpaired) electrons. The molecule has 0 aliphatic carbocycles. The summed E-state index contributed by atoms with van der Waals surface area (Å²) in [5.74, 6) is -0.288. The number of amides is 3. The fourth-order valence-corrected chi connectivity index (χ4v) is 4.36. The average Bonchev–Trinajstić information content (AvgIpc) is 3.07. The van der Waals surface area contributed by atoms with Crippen molar-refractivity contribution in [3.63, 3.8) is 0 Å². The van der Waals surface area contributed by atoms with Gasteiger partial charge in [-0.15, -0.1) is 0 Å². The van der Waals surface area contributed by atoms with E-state index in [1.807, 2.05) is 24.5 Å². The minimum absolute atomic E-state index is 0.128. The van der Waals surface area contributed by atoms with Gasteiger partial charge in [0.15, 0.2) is 0 Å². The number of nitrogens with one attached hydrogen (secondary N) is 2. The molecule has 2 aliphatic rings. The predicted molar refractivity (Wildman–Crippen MR) is 115 cm³/mol. The molecule has 0 bridgehead atoms. The molecule has 0 aromatic heterocycles. The molecule has 29 heavy (non-hydrogen) atoms. The SMILES string of the molecule is CSCC(=O)N[C@@H]1CCN2C(=O)c3cc(-c4ccc(Cl)cc4)ccc3NC(=O)[C@H]12. The van der Waals surface area contributed by atoms with Crippen molar-refractivity contribution in [1.82, 2.24) is 10.2 Å². The van der Waals surface area contributed by atoms with E-state index >= 15 is 0 Å². The van der Waals surface area contributed by atoms with Crippen LogP contribution in [0.3, 0.4) is 0 Å². The summed E-state index contributed by atoms with van der Waals surface area (Å²) in [5.41, 5.74) is 2.73. The van der Waals surface area contributed by atoms with Gasteiger partial charge in [0.2, 0.25) is 11.8 Å². The zero-order chi connectivity index (χ0) is 20.5. The molecule has 6 nitrogen and oxygen atoms in total. The number of nitrogens with zero attached hydrogens (tertiary/aromatic N) is 1. The van der Waals surface area contributed by atoms with Crippen molar-refractivity contribution in [2.75, 3.05) is 23.9 Å². The lowest BCUT2D eigenvalue weighted by Gasteiger charge is -2.24. The predicted octanol–water partition coefficient (Wildman–Crippen LogP) is 3.02. The smallest absolute Gasteiger partial charge is 0.256 e. The molecule has 0 spiro atoms. The summed E-state index contributed by atoms with van der Waals surface area (Å²) in [6.07, 6.45) is 2.40. The molecular formula is C21H20ClN3O3S. The summed E-state index contributed by atoms with van der Waals surface area (Å²) in [5, 5.41) is 6.41. The Kier molecular flexibility index (Phi) is 5.52. The second-order valence-electron chi connectivity index (χ2n) is 7.10. The molecule has 3 amide bonds. The van der Waals surface area contributed by atoms with Crippen molar-refractivity contribution in [2.24, 2.45) is 0 Å². The summed E-state index contributed by atoms with van der Waals surface area (Å²) in [7, 11) is 0. The summed E-state index contributed by atoms with van der Waals surface area (Å²) < 4.78 is 0. The van der Waals surface area contributed by atoms with Gasteiger partial charge in [0, 0.05) is 11.6 Å². The Morgan fingerprint density at radius 2 is 1.93 bits per heavy atom. The first kappa shape index (κ1) is 19.8. The van der Waals surface area contributed by atoms with Crippen LogP contribution in [0.15, 0.2) is 42.5 Å². The molecule has 2 aromatic rings. The van der Waals surface area contributed by atoms with Gasteiger partial charge in [0.25, 0.3) is 5.91 Å². The van der Waals surface area contributed by atoms with Crippen LogP contribution >= 0.6 is 23.4 Å². The molecule has 2 aromatic carbocycles. The monoisotopic (exact) mass is 429 g/mol. The van der Waals surface area contributed by atoms with Crippen molar-refractivity contribution in [2.45, 2.75) is 18.5 Å². The topological polar surface area (TPSA) is 78.5 Å². The van der Waals surface area contributed by atoms with Crippen LogP contribution < -0.4 is 10.6 Å². The average molecular weight is 430 g/mol. The number of fused-ring (bicyclic) bond motifs is 2. The second-order valence-corrected chi connectivity index (χ2v) is 8.40. The van der Waals surface area contributed by atoms with Crippen LogP contribution in [0.2, 0.25) is 5.02 Å². The zero-order valence-electron chi connectivity index (χ0n) is 15.8. The molecule has 4 rings (SSSR count). The number of rotatable bonds is 4. The molecule has 1 saturated heterocycles. The summed E-state index contributed by atoms with van der Waals surface area (Å²) >= 11 is 7.38. The number of anilines is 1. The highest BCUT2D eigenvalue weighted by molar-refractivity contribution is 7.99. The summed E-state index contributed by atoms with van der Waals surface area (Å²) in [6, 6.07) is 11.7. The third-order valence-electron chi connectivity index (χ3n) is 5.23. The van der Waals surface area contributed by atoms with E-state index in [4.69, 9.17) is 11.6 Å². The van der Waals surface area contributed by atoms with Crippen LogP contribution in [0, 0.1) is 0 Å². The van der Waals surface area contributed by atoms with E-state index in [1.165, 1.54) is 11.8 Å².